The summed E-state index contributed by atoms with van der Waals surface area (Å²) in [6, 6.07) is 7.07. The number of hydrogen-bond donors (Lipinski definition) is 1. The molecule has 1 N–H and O–H groups in total. The maximum absolute atomic E-state index is 4.73. The van der Waals surface area contributed by atoms with Gasteiger partial charge in [0, 0.05) is 24.5 Å². The Morgan fingerprint density at radius 3 is 2.75 bits per heavy atom. The van der Waals surface area contributed by atoms with E-state index in [1.165, 1.54) is 18.4 Å². The Bertz CT molecular complexity index is 596. The second-order valence-electron chi connectivity index (χ2n) is 5.97. The Labute approximate surface area is 120 Å². The van der Waals surface area contributed by atoms with Crippen LogP contribution in [0.4, 0.5) is 0 Å². The highest BCUT2D eigenvalue weighted by atomic mass is 15.3. The van der Waals surface area contributed by atoms with E-state index in [1.54, 1.807) is 0 Å². The van der Waals surface area contributed by atoms with Crippen molar-refractivity contribution in [1.29, 1.82) is 0 Å². The third-order valence-electron chi connectivity index (χ3n) is 3.61. The first-order valence-corrected chi connectivity index (χ1v) is 7.38. The van der Waals surface area contributed by atoms with E-state index >= 15 is 0 Å². The first-order valence-electron chi connectivity index (χ1n) is 7.38. The molecule has 0 radical (unpaired) electrons. The number of pyridine rings is 1. The highest BCUT2D eigenvalue weighted by Gasteiger charge is 2.20. The molecule has 2 heterocycles. The zero-order valence-corrected chi connectivity index (χ0v) is 12.4. The Balaban J connectivity index is 1.90. The summed E-state index contributed by atoms with van der Waals surface area (Å²) >= 11 is 0. The number of nitrogens with one attached hydrogen (secondary N) is 1. The summed E-state index contributed by atoms with van der Waals surface area (Å²) in [4.78, 5) is 4.73. The summed E-state index contributed by atoms with van der Waals surface area (Å²) in [5.41, 5.74) is 3.43. The van der Waals surface area contributed by atoms with Crippen LogP contribution in [0.3, 0.4) is 0 Å². The molecule has 0 atom stereocenters. The van der Waals surface area contributed by atoms with Gasteiger partial charge in [-0.05, 0) is 49.4 Å². The molecular weight excluding hydrogens is 248 g/mol. The molecule has 4 nitrogen and oxygen atoms in total. The number of hydrogen-bond acceptors (Lipinski definition) is 3. The molecule has 4 heteroatoms. The van der Waals surface area contributed by atoms with Gasteiger partial charge in [0.2, 0.25) is 0 Å². The molecule has 106 valence electrons. The molecule has 0 amide bonds. The van der Waals surface area contributed by atoms with Gasteiger partial charge in [0.05, 0.1) is 5.69 Å². The van der Waals surface area contributed by atoms with Gasteiger partial charge < -0.3 is 5.32 Å². The maximum Gasteiger partial charge on any atom is 0.153 e. The molecule has 0 bridgehead atoms. The van der Waals surface area contributed by atoms with Crippen LogP contribution in [0.1, 0.15) is 49.6 Å². The Kier molecular flexibility index (Phi) is 3.57. The number of aryl methyl sites for hydroxylation is 1. The van der Waals surface area contributed by atoms with Crippen LogP contribution in [-0.2, 0) is 6.54 Å². The van der Waals surface area contributed by atoms with Crippen LogP contribution >= 0.6 is 0 Å². The normalized spacial score (nSPS) is 15.0. The van der Waals surface area contributed by atoms with E-state index in [9.17, 15) is 0 Å². The Hall–Kier alpha value is -1.68. The van der Waals surface area contributed by atoms with Crippen LogP contribution in [0.25, 0.3) is 5.82 Å². The minimum absolute atomic E-state index is 0.422. The molecule has 0 aliphatic heterocycles. The molecule has 20 heavy (non-hydrogen) atoms. The van der Waals surface area contributed by atoms with E-state index in [-0.39, 0.29) is 0 Å². The van der Waals surface area contributed by atoms with Crippen molar-refractivity contribution in [3.05, 3.63) is 41.3 Å². The van der Waals surface area contributed by atoms with E-state index in [2.05, 4.69) is 36.4 Å². The van der Waals surface area contributed by atoms with Gasteiger partial charge in [-0.15, -0.1) is 0 Å². The quantitative estimate of drug-likeness (QED) is 0.908. The lowest BCUT2D eigenvalue weighted by atomic mass is 10.1. The van der Waals surface area contributed by atoms with Crippen molar-refractivity contribution < 1.29 is 0 Å². The highest BCUT2D eigenvalue weighted by molar-refractivity contribution is 5.32. The van der Waals surface area contributed by atoms with Crippen molar-refractivity contribution >= 4 is 0 Å². The van der Waals surface area contributed by atoms with E-state index in [4.69, 9.17) is 4.98 Å². The molecular formula is C16H22N4. The Morgan fingerprint density at radius 1 is 1.35 bits per heavy atom. The molecule has 3 rings (SSSR count). The van der Waals surface area contributed by atoms with Gasteiger partial charge in [0.25, 0.3) is 0 Å². The zero-order chi connectivity index (χ0) is 14.1. The summed E-state index contributed by atoms with van der Waals surface area (Å²) in [6.45, 7) is 7.27. The van der Waals surface area contributed by atoms with Crippen molar-refractivity contribution in [1.82, 2.24) is 20.1 Å². The lowest BCUT2D eigenvalue weighted by Gasteiger charge is -2.12. The average Bonchev–Trinajstić information content (AvgIpc) is 3.16. The Morgan fingerprint density at radius 2 is 2.15 bits per heavy atom. The lowest BCUT2D eigenvalue weighted by molar-refractivity contribution is 0.681. The van der Waals surface area contributed by atoms with Crippen LogP contribution in [0.15, 0.2) is 24.4 Å². The lowest BCUT2D eigenvalue weighted by Crippen LogP contribution is -2.16. The minimum Gasteiger partial charge on any atom is -0.310 e. The largest absolute Gasteiger partial charge is 0.310 e. The number of aromatic nitrogens is 3. The van der Waals surface area contributed by atoms with Crippen LogP contribution in [-0.4, -0.2) is 20.8 Å². The molecule has 0 unspecified atom stereocenters. The topological polar surface area (TPSA) is 42.7 Å². The standard InChI is InChI=1S/C16H22N4/c1-11(2)15-8-13(10-17-14-4-5-14)9-16(18-15)20-7-6-12(3)19-20/h6-9,11,14,17H,4-5,10H2,1-3H3. The first-order chi connectivity index (χ1) is 9.61. The first kappa shape index (κ1) is 13.3. The summed E-state index contributed by atoms with van der Waals surface area (Å²) in [7, 11) is 0. The second-order valence-corrected chi connectivity index (χ2v) is 5.97. The van der Waals surface area contributed by atoms with Gasteiger partial charge in [-0.1, -0.05) is 13.8 Å². The fraction of sp³-hybridized carbons (Fsp3) is 0.500. The number of rotatable bonds is 5. The highest BCUT2D eigenvalue weighted by Crippen LogP contribution is 2.21. The molecule has 0 saturated heterocycles. The smallest absolute Gasteiger partial charge is 0.153 e. The van der Waals surface area contributed by atoms with Gasteiger partial charge in [-0.3, -0.25) is 0 Å². The predicted octanol–water partition coefficient (Wildman–Crippen LogP) is 2.95. The summed E-state index contributed by atoms with van der Waals surface area (Å²) in [6.07, 6.45) is 4.60. The van der Waals surface area contributed by atoms with Gasteiger partial charge >= 0.3 is 0 Å². The third-order valence-corrected chi connectivity index (χ3v) is 3.61. The molecule has 1 aliphatic carbocycles. The maximum atomic E-state index is 4.73. The number of nitrogens with zero attached hydrogens (tertiary/aromatic N) is 3. The molecule has 0 spiro atoms. The third kappa shape index (κ3) is 3.07. The van der Waals surface area contributed by atoms with Crippen molar-refractivity contribution in [3.63, 3.8) is 0 Å². The molecule has 1 fully saturated rings. The van der Waals surface area contributed by atoms with E-state index in [0.717, 1.165) is 29.8 Å². The molecule has 0 aromatic carbocycles. The fourth-order valence-corrected chi connectivity index (χ4v) is 2.20. The molecule has 1 aliphatic rings. The van der Waals surface area contributed by atoms with E-state index < -0.39 is 0 Å². The fourth-order valence-electron chi connectivity index (χ4n) is 2.20. The second kappa shape index (κ2) is 5.37. The van der Waals surface area contributed by atoms with Gasteiger partial charge in [0.1, 0.15) is 0 Å². The molecule has 2 aromatic heterocycles. The van der Waals surface area contributed by atoms with Gasteiger partial charge in [-0.2, -0.15) is 5.10 Å². The van der Waals surface area contributed by atoms with Crippen LogP contribution in [0.5, 0.6) is 0 Å². The van der Waals surface area contributed by atoms with Crippen LogP contribution < -0.4 is 5.32 Å². The predicted molar refractivity (Wildman–Crippen MR) is 80.0 cm³/mol. The molecule has 1 saturated carbocycles. The van der Waals surface area contributed by atoms with Crippen molar-refractivity contribution in [2.45, 2.75) is 52.1 Å². The zero-order valence-electron chi connectivity index (χ0n) is 12.4. The van der Waals surface area contributed by atoms with E-state index in [1.807, 2.05) is 23.9 Å². The SMILES string of the molecule is Cc1ccn(-c2cc(CNC3CC3)cc(C(C)C)n2)n1. The summed E-state index contributed by atoms with van der Waals surface area (Å²) < 4.78 is 1.86. The summed E-state index contributed by atoms with van der Waals surface area (Å²) in [5, 5.41) is 8.03. The summed E-state index contributed by atoms with van der Waals surface area (Å²) in [5.74, 6) is 1.34. The van der Waals surface area contributed by atoms with Crippen molar-refractivity contribution in [2.75, 3.05) is 0 Å². The van der Waals surface area contributed by atoms with Crippen molar-refractivity contribution in [2.24, 2.45) is 0 Å². The van der Waals surface area contributed by atoms with Gasteiger partial charge in [-0.25, -0.2) is 9.67 Å². The van der Waals surface area contributed by atoms with E-state index in [0.29, 0.717) is 5.92 Å². The monoisotopic (exact) mass is 270 g/mol. The average molecular weight is 270 g/mol. The van der Waals surface area contributed by atoms with Gasteiger partial charge in [0.15, 0.2) is 5.82 Å². The minimum atomic E-state index is 0.422. The van der Waals surface area contributed by atoms with Crippen LogP contribution in [0.2, 0.25) is 0 Å². The van der Waals surface area contributed by atoms with Crippen LogP contribution in [0, 0.1) is 6.92 Å². The molecule has 2 aromatic rings. The van der Waals surface area contributed by atoms with Crippen molar-refractivity contribution in [3.8, 4) is 5.82 Å².